The van der Waals surface area contributed by atoms with Crippen molar-refractivity contribution in [1.82, 2.24) is 29.7 Å². The molecule has 1 unspecified atom stereocenters. The summed E-state index contributed by atoms with van der Waals surface area (Å²) in [5.74, 6) is 0.248. The maximum absolute atomic E-state index is 12.4. The van der Waals surface area contributed by atoms with Crippen LogP contribution < -0.4 is 21.5 Å². The zero-order chi connectivity index (χ0) is 19.9. The first-order valence-electron chi connectivity index (χ1n) is 10.4. The second-order valence-corrected chi connectivity index (χ2v) is 7.54. The Morgan fingerprint density at radius 1 is 1.18 bits per heavy atom. The van der Waals surface area contributed by atoms with Crippen LogP contribution in [0.25, 0.3) is 11.2 Å². The summed E-state index contributed by atoms with van der Waals surface area (Å²) in [7, 11) is 0. The van der Waals surface area contributed by atoms with Crippen LogP contribution in [-0.4, -0.2) is 63.2 Å². The Morgan fingerprint density at radius 2 is 1.93 bits per heavy atom. The minimum Gasteiger partial charge on any atom is -0.460 e. The lowest BCUT2D eigenvalue weighted by molar-refractivity contribution is 0.193. The summed E-state index contributed by atoms with van der Waals surface area (Å²) in [6, 6.07) is 0.234. The maximum atomic E-state index is 12.4. The number of nitrogens with one attached hydrogen (secondary N) is 2. The monoisotopic (exact) mass is 391 g/mol. The molecular formula is C19H33N7O2. The lowest BCUT2D eigenvalue weighted by Crippen LogP contribution is -2.43. The zero-order valence-electron chi connectivity index (χ0n) is 17.0. The number of anilines is 1. The predicted octanol–water partition coefficient (Wildman–Crippen LogP) is 1.34. The lowest BCUT2D eigenvalue weighted by Gasteiger charge is -2.27. The average molecular weight is 392 g/mol. The van der Waals surface area contributed by atoms with Gasteiger partial charge in [-0.25, -0.2) is 4.79 Å². The molecule has 1 saturated heterocycles. The molecule has 2 aromatic rings. The Morgan fingerprint density at radius 3 is 2.68 bits per heavy atom. The van der Waals surface area contributed by atoms with E-state index >= 15 is 0 Å². The molecule has 3 rings (SSSR count). The van der Waals surface area contributed by atoms with Gasteiger partial charge in [0.25, 0.3) is 0 Å². The minimum absolute atomic E-state index is 0.00551. The summed E-state index contributed by atoms with van der Waals surface area (Å²) in [4.78, 5) is 26.3. The standard InChI is InChI=1S/C19H33N7O2/c1-3-7-14(2)28-18-23-16(20)15-17(24-18)26(19(27)22-15)11-6-4-5-10-25-12-8-21-9-13-25/h14,21H,3-13H2,1-2H3,(H,22,27)(H2,20,23,24). The highest BCUT2D eigenvalue weighted by atomic mass is 16.5. The third kappa shape index (κ3) is 5.23. The molecule has 0 saturated carbocycles. The summed E-state index contributed by atoms with van der Waals surface area (Å²) in [5, 5.41) is 3.37. The number of nitrogens with two attached hydrogens (primary N) is 1. The molecule has 28 heavy (non-hydrogen) atoms. The summed E-state index contributed by atoms with van der Waals surface area (Å²) >= 11 is 0. The van der Waals surface area contributed by atoms with Crippen LogP contribution in [0.2, 0.25) is 0 Å². The number of aryl methyl sites for hydroxylation is 1. The number of H-pyrrole nitrogens is 1. The van der Waals surface area contributed by atoms with Crippen molar-refractivity contribution in [2.75, 3.05) is 38.5 Å². The van der Waals surface area contributed by atoms with Gasteiger partial charge < -0.3 is 25.7 Å². The fourth-order valence-corrected chi connectivity index (χ4v) is 3.65. The van der Waals surface area contributed by atoms with Gasteiger partial charge in [-0.05, 0) is 32.7 Å². The van der Waals surface area contributed by atoms with Crippen molar-refractivity contribution in [2.45, 2.75) is 58.6 Å². The number of unbranched alkanes of at least 4 members (excludes halogenated alkanes) is 2. The Bertz CT molecular complexity index is 810. The molecule has 0 aliphatic carbocycles. The molecule has 1 aliphatic rings. The number of fused-ring (bicyclic) bond motifs is 1. The number of nitrogens with zero attached hydrogens (tertiary/aromatic N) is 4. The van der Waals surface area contributed by atoms with E-state index in [2.05, 4.69) is 32.1 Å². The van der Waals surface area contributed by atoms with Crippen LogP contribution in [0.4, 0.5) is 5.82 Å². The van der Waals surface area contributed by atoms with Gasteiger partial charge in [0, 0.05) is 32.7 Å². The van der Waals surface area contributed by atoms with E-state index < -0.39 is 0 Å². The SMILES string of the molecule is CCCC(C)Oc1nc(N)c2[nH]c(=O)n(CCCCCN3CCNCC3)c2n1. The second kappa shape index (κ2) is 9.88. The molecule has 1 fully saturated rings. The van der Waals surface area contributed by atoms with Gasteiger partial charge in [0.15, 0.2) is 11.5 Å². The molecule has 0 radical (unpaired) electrons. The Labute approximate surface area is 165 Å². The molecule has 0 amide bonds. The normalized spacial score (nSPS) is 16.5. The summed E-state index contributed by atoms with van der Waals surface area (Å²) < 4.78 is 7.42. The highest BCUT2D eigenvalue weighted by molar-refractivity contribution is 5.81. The van der Waals surface area contributed by atoms with Crippen LogP contribution in [0.3, 0.4) is 0 Å². The Kier molecular flexibility index (Phi) is 7.27. The number of aromatic nitrogens is 4. The predicted molar refractivity (Wildman–Crippen MR) is 111 cm³/mol. The van der Waals surface area contributed by atoms with Crippen LogP contribution in [0.1, 0.15) is 46.0 Å². The molecule has 0 bridgehead atoms. The topological polar surface area (TPSA) is 114 Å². The summed E-state index contributed by atoms with van der Waals surface area (Å²) in [6.45, 7) is 10.2. The van der Waals surface area contributed by atoms with Gasteiger partial charge >= 0.3 is 11.7 Å². The van der Waals surface area contributed by atoms with Crippen LogP contribution in [0.5, 0.6) is 6.01 Å². The van der Waals surface area contributed by atoms with Crippen molar-refractivity contribution < 1.29 is 4.74 Å². The first kappa shape index (κ1) is 20.6. The second-order valence-electron chi connectivity index (χ2n) is 7.54. The van der Waals surface area contributed by atoms with Crippen molar-refractivity contribution >= 4 is 17.0 Å². The molecular weight excluding hydrogens is 358 g/mol. The van der Waals surface area contributed by atoms with E-state index in [1.807, 2.05) is 6.92 Å². The van der Waals surface area contributed by atoms with E-state index in [4.69, 9.17) is 10.5 Å². The number of imidazole rings is 1. The molecule has 9 nitrogen and oxygen atoms in total. The van der Waals surface area contributed by atoms with Gasteiger partial charge in [-0.1, -0.05) is 19.8 Å². The van der Waals surface area contributed by atoms with Crippen molar-refractivity contribution in [1.29, 1.82) is 0 Å². The summed E-state index contributed by atoms with van der Waals surface area (Å²) in [6.07, 6.45) is 5.06. The first-order valence-corrected chi connectivity index (χ1v) is 10.4. The molecule has 3 heterocycles. The van der Waals surface area contributed by atoms with Crippen LogP contribution in [0.15, 0.2) is 4.79 Å². The van der Waals surface area contributed by atoms with Crippen molar-refractivity contribution in [3.63, 3.8) is 0 Å². The van der Waals surface area contributed by atoms with Gasteiger partial charge in [-0.15, -0.1) is 0 Å². The van der Waals surface area contributed by atoms with Gasteiger partial charge in [0.1, 0.15) is 5.52 Å². The van der Waals surface area contributed by atoms with E-state index in [1.54, 1.807) is 4.57 Å². The van der Waals surface area contributed by atoms with Gasteiger partial charge in [0.05, 0.1) is 6.10 Å². The van der Waals surface area contributed by atoms with Gasteiger partial charge in [-0.3, -0.25) is 4.57 Å². The molecule has 0 spiro atoms. The first-order chi connectivity index (χ1) is 13.6. The molecule has 1 atom stereocenters. The molecule has 156 valence electrons. The number of nitrogen functional groups attached to an aromatic ring is 1. The fourth-order valence-electron chi connectivity index (χ4n) is 3.65. The lowest BCUT2D eigenvalue weighted by atomic mass is 10.2. The highest BCUT2D eigenvalue weighted by Crippen LogP contribution is 2.19. The van der Waals surface area contributed by atoms with Crippen molar-refractivity contribution in [3.8, 4) is 6.01 Å². The Balaban J connectivity index is 1.60. The van der Waals surface area contributed by atoms with Gasteiger partial charge in [-0.2, -0.15) is 9.97 Å². The number of piperazine rings is 1. The largest absolute Gasteiger partial charge is 0.460 e. The van der Waals surface area contributed by atoms with E-state index in [9.17, 15) is 4.79 Å². The average Bonchev–Trinajstić information content (AvgIpc) is 2.99. The quantitative estimate of drug-likeness (QED) is 0.524. The van der Waals surface area contributed by atoms with E-state index in [-0.39, 0.29) is 23.6 Å². The van der Waals surface area contributed by atoms with Gasteiger partial charge in [0.2, 0.25) is 0 Å². The number of rotatable bonds is 10. The van der Waals surface area contributed by atoms with Crippen molar-refractivity contribution in [2.24, 2.45) is 0 Å². The molecule has 0 aromatic carbocycles. The molecule has 1 aliphatic heterocycles. The fraction of sp³-hybridized carbons (Fsp3) is 0.737. The molecule has 9 heteroatoms. The smallest absolute Gasteiger partial charge is 0.327 e. The third-order valence-electron chi connectivity index (χ3n) is 5.20. The number of aromatic amines is 1. The number of hydrogen-bond acceptors (Lipinski definition) is 7. The molecule has 2 aromatic heterocycles. The van der Waals surface area contributed by atoms with E-state index in [0.717, 1.165) is 64.8 Å². The molecule has 4 N–H and O–H groups in total. The number of hydrogen-bond donors (Lipinski definition) is 3. The number of ether oxygens (including phenoxy) is 1. The Hall–Kier alpha value is -2.13. The maximum Gasteiger partial charge on any atom is 0.327 e. The van der Waals surface area contributed by atoms with Crippen LogP contribution in [-0.2, 0) is 6.54 Å². The van der Waals surface area contributed by atoms with E-state index in [0.29, 0.717) is 17.7 Å². The zero-order valence-corrected chi connectivity index (χ0v) is 17.0. The highest BCUT2D eigenvalue weighted by Gasteiger charge is 2.16. The van der Waals surface area contributed by atoms with E-state index in [1.165, 1.54) is 0 Å². The summed E-state index contributed by atoms with van der Waals surface area (Å²) in [5.41, 5.74) is 6.84. The van der Waals surface area contributed by atoms with Crippen LogP contribution in [0, 0.1) is 0 Å². The third-order valence-corrected chi connectivity index (χ3v) is 5.20. The van der Waals surface area contributed by atoms with Crippen molar-refractivity contribution in [3.05, 3.63) is 10.5 Å². The van der Waals surface area contributed by atoms with Crippen LogP contribution >= 0.6 is 0 Å². The minimum atomic E-state index is -0.197.